The molecule has 0 aromatic heterocycles. The number of alkyl halides is 2. The molecule has 5 heterocycles. The number of hydrazine groups is 1. The van der Waals surface area contributed by atoms with Crippen molar-refractivity contribution in [2.45, 2.75) is 81.4 Å². The van der Waals surface area contributed by atoms with Crippen LogP contribution in [0.5, 0.6) is 0 Å². The molecular weight excluding hydrogens is 420 g/mol. The number of likely N-dealkylation sites (tertiary alicyclic amines) is 1. The maximum Gasteiger partial charge on any atom is 0.296 e. The average molecular weight is 452 g/mol. The summed E-state index contributed by atoms with van der Waals surface area (Å²) < 4.78 is 40.7. The van der Waals surface area contributed by atoms with Crippen LogP contribution in [0.15, 0.2) is 24.3 Å². The third-order valence-electron chi connectivity index (χ3n) is 8.38. The lowest BCUT2D eigenvalue weighted by molar-refractivity contribution is -0.190. The Balaban J connectivity index is 1.31. The van der Waals surface area contributed by atoms with Gasteiger partial charge in [-0.25, -0.2) is 10.0 Å². The zero-order chi connectivity index (χ0) is 22.4. The molecule has 0 amide bonds. The molecule has 5 unspecified atom stereocenters. The number of rotatable bonds is 4. The second kappa shape index (κ2) is 7.15. The first-order chi connectivity index (χ1) is 15.3. The molecule has 0 spiro atoms. The second-order valence-corrected chi connectivity index (χ2v) is 9.93. The van der Waals surface area contributed by atoms with Gasteiger partial charge in [0.1, 0.15) is 37.3 Å². The van der Waals surface area contributed by atoms with Crippen LogP contribution in [-0.2, 0) is 15.4 Å². The maximum atomic E-state index is 14.4. The van der Waals surface area contributed by atoms with Gasteiger partial charge < -0.3 is 19.7 Å². The van der Waals surface area contributed by atoms with Crippen LogP contribution in [0.3, 0.4) is 0 Å². The van der Waals surface area contributed by atoms with E-state index in [9.17, 15) is 19.0 Å². The van der Waals surface area contributed by atoms with E-state index in [0.29, 0.717) is 17.5 Å². The number of aliphatic hydroxyl groups excluding tert-OH is 2. The van der Waals surface area contributed by atoms with Crippen LogP contribution in [0.1, 0.15) is 50.3 Å². The summed E-state index contributed by atoms with van der Waals surface area (Å²) in [5.41, 5.74) is -0.0138. The van der Waals surface area contributed by atoms with E-state index in [0.717, 1.165) is 32.5 Å². The lowest BCUT2D eigenvalue weighted by atomic mass is 9.85. The summed E-state index contributed by atoms with van der Waals surface area (Å²) in [5, 5.41) is 26.8. The maximum absolute atomic E-state index is 14.4. The summed E-state index contributed by atoms with van der Waals surface area (Å²) >= 11 is 0. The summed E-state index contributed by atoms with van der Waals surface area (Å²) in [7, 11) is 0. The Morgan fingerprint density at radius 3 is 2.75 bits per heavy atom. The van der Waals surface area contributed by atoms with Gasteiger partial charge >= 0.3 is 0 Å². The molecular formula is C23H31F2N3O4. The van der Waals surface area contributed by atoms with Gasteiger partial charge in [-0.2, -0.15) is 8.78 Å². The Kier molecular flexibility index (Phi) is 4.77. The third-order valence-corrected chi connectivity index (χ3v) is 8.38. The van der Waals surface area contributed by atoms with Crippen LogP contribution >= 0.6 is 0 Å². The predicted molar refractivity (Wildman–Crippen MR) is 110 cm³/mol. The molecule has 32 heavy (non-hydrogen) atoms. The molecule has 0 aliphatic carbocycles. The number of fused-ring (bicyclic) bond motifs is 4. The molecule has 7 nitrogen and oxygen atoms in total. The Hall–Kier alpha value is -1.20. The average Bonchev–Trinajstić information content (AvgIpc) is 3.36. The Labute approximate surface area is 186 Å². The molecule has 0 bridgehead atoms. The summed E-state index contributed by atoms with van der Waals surface area (Å²) in [6.45, 7) is 5.31. The number of hydrogen-bond donors (Lipinski definition) is 2. The van der Waals surface area contributed by atoms with Crippen molar-refractivity contribution in [3.63, 3.8) is 0 Å². The number of benzene rings is 1. The fraction of sp³-hybridized carbons (Fsp3) is 0.739. The molecule has 9 heteroatoms. The molecule has 0 saturated carbocycles. The van der Waals surface area contributed by atoms with Crippen LogP contribution in [0.2, 0.25) is 0 Å². The molecule has 10 atom stereocenters. The van der Waals surface area contributed by atoms with E-state index in [1.165, 1.54) is 6.07 Å². The lowest BCUT2D eigenvalue weighted by Gasteiger charge is -2.44. The van der Waals surface area contributed by atoms with Crippen molar-refractivity contribution in [1.29, 1.82) is 0 Å². The van der Waals surface area contributed by atoms with Gasteiger partial charge in [0.15, 0.2) is 0 Å². The standard InChI is InChI=1S/C23H31F2N3O4/c1-3-9-23-15(13(2)27-12-28(23)27)8-10-26(23)21-18(30)17(29)20(32-21)19-14-6-4-5-7-16(14)22(24,25)11-31-19/h4-7,13,15,17-21,29-30H,3,8-12H2,1-2H3/t13?,15?,17-,18+,19+,20-,21+,23?,27?,28?/m0/s1. The number of nitrogens with zero attached hydrogens (tertiary/aromatic N) is 3. The van der Waals surface area contributed by atoms with E-state index < -0.39 is 43.2 Å². The number of ether oxygens (including phenoxy) is 2. The molecule has 6 rings (SSSR count). The quantitative estimate of drug-likeness (QED) is 0.679. The van der Waals surface area contributed by atoms with E-state index in [2.05, 4.69) is 28.8 Å². The van der Waals surface area contributed by atoms with Crippen molar-refractivity contribution in [2.75, 3.05) is 19.8 Å². The molecule has 5 aliphatic rings. The van der Waals surface area contributed by atoms with E-state index in [1.54, 1.807) is 18.2 Å². The lowest BCUT2D eigenvalue weighted by Crippen LogP contribution is -2.59. The van der Waals surface area contributed by atoms with Gasteiger partial charge in [0.2, 0.25) is 0 Å². The minimum atomic E-state index is -3.09. The predicted octanol–water partition coefficient (Wildman–Crippen LogP) is 2.01. The molecule has 0 radical (unpaired) electrons. The Bertz CT molecular complexity index is 906. The SMILES string of the molecule is CCCC12C(CCN1[C@@H]1O[C@H]([C@@H]3OCC(F)(F)c4ccccc43)[C@@H](O)[C@H]1O)C(C)N1CN12. The van der Waals surface area contributed by atoms with Crippen LogP contribution in [0.25, 0.3) is 0 Å². The molecule has 1 aromatic carbocycles. The highest BCUT2D eigenvalue weighted by Crippen LogP contribution is 2.57. The number of hydrogen-bond acceptors (Lipinski definition) is 7. The highest BCUT2D eigenvalue weighted by molar-refractivity contribution is 5.36. The summed E-state index contributed by atoms with van der Waals surface area (Å²) in [5.74, 6) is -2.65. The molecule has 5 aliphatic heterocycles. The largest absolute Gasteiger partial charge is 0.387 e. The van der Waals surface area contributed by atoms with Gasteiger partial charge in [0.25, 0.3) is 5.92 Å². The first kappa shape index (κ1) is 21.3. The first-order valence-corrected chi connectivity index (χ1v) is 11.7. The third kappa shape index (κ3) is 2.70. The van der Waals surface area contributed by atoms with Crippen LogP contribution in [0, 0.1) is 5.92 Å². The van der Waals surface area contributed by atoms with Gasteiger partial charge in [-0.15, -0.1) is 0 Å². The van der Waals surface area contributed by atoms with Crippen LogP contribution in [0.4, 0.5) is 8.78 Å². The van der Waals surface area contributed by atoms with E-state index in [4.69, 9.17) is 9.47 Å². The molecule has 2 N–H and O–H groups in total. The van der Waals surface area contributed by atoms with Crippen molar-refractivity contribution < 1.29 is 28.5 Å². The zero-order valence-electron chi connectivity index (χ0n) is 18.4. The van der Waals surface area contributed by atoms with Crippen LogP contribution in [-0.4, -0.2) is 81.2 Å². The zero-order valence-corrected chi connectivity index (χ0v) is 18.4. The van der Waals surface area contributed by atoms with Gasteiger partial charge in [0, 0.05) is 24.1 Å². The topological polar surface area (TPSA) is 68.2 Å². The summed E-state index contributed by atoms with van der Waals surface area (Å²) in [4.78, 5) is 2.22. The summed E-state index contributed by atoms with van der Waals surface area (Å²) in [6.07, 6.45) is -1.93. The minimum Gasteiger partial charge on any atom is -0.387 e. The highest BCUT2D eigenvalue weighted by Gasteiger charge is 2.70. The smallest absolute Gasteiger partial charge is 0.296 e. The normalized spacial score (nSPS) is 49.0. The Morgan fingerprint density at radius 2 is 1.97 bits per heavy atom. The highest BCUT2D eigenvalue weighted by atomic mass is 19.3. The van der Waals surface area contributed by atoms with E-state index in [-0.39, 0.29) is 11.2 Å². The number of aliphatic hydroxyl groups is 2. The van der Waals surface area contributed by atoms with Gasteiger partial charge in [-0.05, 0) is 25.3 Å². The van der Waals surface area contributed by atoms with Crippen molar-refractivity contribution in [3.05, 3.63) is 35.4 Å². The number of halogens is 2. The second-order valence-electron chi connectivity index (χ2n) is 9.93. The molecule has 4 fully saturated rings. The molecule has 176 valence electrons. The van der Waals surface area contributed by atoms with Crippen molar-refractivity contribution in [3.8, 4) is 0 Å². The molecule has 4 saturated heterocycles. The van der Waals surface area contributed by atoms with E-state index in [1.807, 2.05) is 0 Å². The van der Waals surface area contributed by atoms with E-state index >= 15 is 0 Å². The van der Waals surface area contributed by atoms with Crippen molar-refractivity contribution in [2.24, 2.45) is 5.92 Å². The van der Waals surface area contributed by atoms with Gasteiger partial charge in [-0.1, -0.05) is 37.6 Å². The minimum absolute atomic E-state index is 0.0990. The first-order valence-electron chi connectivity index (χ1n) is 11.7. The molecule has 1 aromatic rings. The van der Waals surface area contributed by atoms with Gasteiger partial charge in [0.05, 0.1) is 12.3 Å². The van der Waals surface area contributed by atoms with Crippen molar-refractivity contribution in [1.82, 2.24) is 14.9 Å². The monoisotopic (exact) mass is 451 g/mol. The Morgan fingerprint density at radius 1 is 1.19 bits per heavy atom. The fourth-order valence-electron chi connectivity index (χ4n) is 6.97. The summed E-state index contributed by atoms with van der Waals surface area (Å²) in [6, 6.07) is 6.69. The fourth-order valence-corrected chi connectivity index (χ4v) is 6.97. The van der Waals surface area contributed by atoms with Gasteiger partial charge in [-0.3, -0.25) is 4.90 Å². The van der Waals surface area contributed by atoms with Crippen molar-refractivity contribution >= 4 is 0 Å². The van der Waals surface area contributed by atoms with Crippen LogP contribution < -0.4 is 0 Å².